The number of aromatic nitrogens is 4. The first kappa shape index (κ1) is 12.7. The van der Waals surface area contributed by atoms with Crippen molar-refractivity contribution in [3.63, 3.8) is 0 Å². The van der Waals surface area contributed by atoms with Crippen LogP contribution in [0.3, 0.4) is 0 Å². The number of hydrogen-bond donors (Lipinski definition) is 0. The molecule has 3 aromatic rings. The van der Waals surface area contributed by atoms with Crippen LogP contribution in [0.2, 0.25) is 0 Å². The molecule has 0 saturated heterocycles. The van der Waals surface area contributed by atoms with Gasteiger partial charge in [-0.15, -0.1) is 16.4 Å². The van der Waals surface area contributed by atoms with Crippen molar-refractivity contribution < 1.29 is 18.0 Å². The third kappa shape index (κ3) is 2.16. The molecule has 0 aliphatic carbocycles. The number of halogens is 3. The van der Waals surface area contributed by atoms with Crippen LogP contribution in [0.1, 0.15) is 10.5 Å². The van der Waals surface area contributed by atoms with Gasteiger partial charge < -0.3 is 0 Å². The second-order valence-electron chi connectivity index (χ2n) is 3.88. The third-order valence-electron chi connectivity index (χ3n) is 2.56. The minimum atomic E-state index is -4.96. The topological polar surface area (TPSA) is 60.7 Å². The zero-order valence-corrected chi connectivity index (χ0v) is 10.4. The smallest absolute Gasteiger partial charge is 0.282 e. The van der Waals surface area contributed by atoms with Crippen LogP contribution in [0.5, 0.6) is 0 Å². The second-order valence-corrected chi connectivity index (χ2v) is 4.77. The van der Waals surface area contributed by atoms with Gasteiger partial charge in [0.2, 0.25) is 0 Å². The van der Waals surface area contributed by atoms with Gasteiger partial charge in [-0.25, -0.2) is 9.67 Å². The number of alkyl halides is 3. The van der Waals surface area contributed by atoms with Gasteiger partial charge in [0.15, 0.2) is 5.69 Å². The van der Waals surface area contributed by atoms with Gasteiger partial charge in [-0.1, -0.05) is 5.21 Å². The first-order valence-corrected chi connectivity index (χ1v) is 6.20. The molecule has 0 aliphatic rings. The van der Waals surface area contributed by atoms with Gasteiger partial charge in [0.25, 0.3) is 5.78 Å². The predicted molar refractivity (Wildman–Crippen MR) is 64.9 cm³/mol. The summed E-state index contributed by atoms with van der Waals surface area (Å²) in [6, 6.07) is 5.07. The van der Waals surface area contributed by atoms with Crippen molar-refractivity contribution in [2.45, 2.75) is 6.18 Å². The molecule has 0 spiro atoms. The molecule has 0 unspecified atom stereocenters. The summed E-state index contributed by atoms with van der Waals surface area (Å²) in [5, 5.41) is 6.80. The lowest BCUT2D eigenvalue weighted by atomic mass is 10.3. The first-order valence-electron chi connectivity index (χ1n) is 5.32. The van der Waals surface area contributed by atoms with Crippen molar-refractivity contribution in [2.75, 3.05) is 0 Å². The van der Waals surface area contributed by atoms with Gasteiger partial charge in [0.1, 0.15) is 0 Å². The zero-order chi connectivity index (χ0) is 14.3. The summed E-state index contributed by atoms with van der Waals surface area (Å²) in [7, 11) is 0. The summed E-state index contributed by atoms with van der Waals surface area (Å²) in [6.07, 6.45) is -4.00. The van der Waals surface area contributed by atoms with E-state index in [-0.39, 0.29) is 0 Å². The van der Waals surface area contributed by atoms with E-state index in [1.165, 1.54) is 11.3 Å². The Balaban J connectivity index is 1.99. The normalized spacial score (nSPS) is 11.9. The zero-order valence-electron chi connectivity index (χ0n) is 9.63. The highest BCUT2D eigenvalue weighted by atomic mass is 32.1. The van der Waals surface area contributed by atoms with Crippen molar-refractivity contribution in [2.24, 2.45) is 0 Å². The number of Topliss-reactive ketones (excluding diaryl/α,β-unsaturated/α-hetero) is 1. The maximum absolute atomic E-state index is 12.3. The van der Waals surface area contributed by atoms with Crippen molar-refractivity contribution in [3.8, 4) is 5.69 Å². The summed E-state index contributed by atoms with van der Waals surface area (Å²) in [6.45, 7) is 0. The van der Waals surface area contributed by atoms with Gasteiger partial charge in [0, 0.05) is 0 Å². The maximum atomic E-state index is 12.3. The van der Waals surface area contributed by atoms with E-state index in [2.05, 4.69) is 15.3 Å². The molecule has 0 N–H and O–H groups in total. The Hall–Kier alpha value is -2.29. The first-order chi connectivity index (χ1) is 9.45. The van der Waals surface area contributed by atoms with Crippen LogP contribution >= 0.6 is 11.3 Å². The Bertz CT molecular complexity index is 792. The molecule has 20 heavy (non-hydrogen) atoms. The molecule has 5 nitrogen and oxygen atoms in total. The van der Waals surface area contributed by atoms with Gasteiger partial charge in [-0.3, -0.25) is 4.79 Å². The summed E-state index contributed by atoms with van der Waals surface area (Å²) in [5.41, 5.74) is 2.22. The predicted octanol–water partition coefficient (Wildman–Crippen LogP) is 2.62. The lowest BCUT2D eigenvalue weighted by Crippen LogP contribution is -2.23. The SMILES string of the molecule is O=C(c1cn(-c2ccc3ncsc3c2)nn1)C(F)(F)F. The van der Waals surface area contributed by atoms with Gasteiger partial charge in [-0.2, -0.15) is 13.2 Å². The molecule has 0 radical (unpaired) electrons. The molecule has 0 bridgehead atoms. The number of ketones is 1. The highest BCUT2D eigenvalue weighted by Gasteiger charge is 2.41. The van der Waals surface area contributed by atoms with Gasteiger partial charge in [-0.05, 0) is 18.2 Å². The minimum absolute atomic E-state index is 0.510. The minimum Gasteiger partial charge on any atom is -0.282 e. The van der Waals surface area contributed by atoms with Crippen LogP contribution in [0.25, 0.3) is 15.9 Å². The van der Waals surface area contributed by atoms with Gasteiger partial charge >= 0.3 is 6.18 Å². The number of hydrogen-bond acceptors (Lipinski definition) is 5. The number of fused-ring (bicyclic) bond motifs is 1. The Morgan fingerprint density at radius 3 is 2.85 bits per heavy atom. The molecule has 0 aliphatic heterocycles. The van der Waals surface area contributed by atoms with Gasteiger partial charge in [0.05, 0.1) is 27.6 Å². The summed E-state index contributed by atoms with van der Waals surface area (Å²) in [4.78, 5) is 15.1. The number of carbonyl (C=O) groups is 1. The molecule has 2 aromatic heterocycles. The highest BCUT2D eigenvalue weighted by Crippen LogP contribution is 2.23. The average molecular weight is 298 g/mol. The van der Waals surface area contributed by atoms with Crippen molar-refractivity contribution >= 4 is 27.3 Å². The molecule has 0 amide bonds. The molecule has 0 atom stereocenters. The van der Waals surface area contributed by atoms with Crippen LogP contribution < -0.4 is 0 Å². The quantitative estimate of drug-likeness (QED) is 0.682. The molecular formula is C11H5F3N4OS. The molecule has 102 valence electrons. The lowest BCUT2D eigenvalue weighted by Gasteiger charge is -2.00. The number of carbonyl (C=O) groups excluding carboxylic acids is 1. The van der Waals surface area contributed by atoms with E-state index in [0.717, 1.165) is 21.1 Å². The highest BCUT2D eigenvalue weighted by molar-refractivity contribution is 7.16. The fourth-order valence-electron chi connectivity index (χ4n) is 1.63. The monoisotopic (exact) mass is 298 g/mol. The van der Waals surface area contributed by atoms with Crippen molar-refractivity contribution in [1.82, 2.24) is 20.0 Å². The van der Waals surface area contributed by atoms with E-state index in [1.54, 1.807) is 23.7 Å². The van der Waals surface area contributed by atoms with Crippen molar-refractivity contribution in [1.29, 1.82) is 0 Å². The largest absolute Gasteiger partial charge is 0.456 e. The lowest BCUT2D eigenvalue weighted by molar-refractivity contribution is -0.0888. The fourth-order valence-corrected chi connectivity index (χ4v) is 2.34. The average Bonchev–Trinajstić information content (AvgIpc) is 3.04. The van der Waals surface area contributed by atoms with E-state index in [1.807, 2.05) is 0 Å². The van der Waals surface area contributed by atoms with E-state index in [9.17, 15) is 18.0 Å². The molecular weight excluding hydrogens is 293 g/mol. The Morgan fingerprint density at radius 1 is 1.30 bits per heavy atom. The summed E-state index contributed by atoms with van der Waals surface area (Å²) >= 11 is 1.39. The van der Waals surface area contributed by atoms with Crippen LogP contribution in [0.4, 0.5) is 13.2 Å². The molecule has 9 heteroatoms. The Labute approximate surface area is 113 Å². The number of thiazole rings is 1. The number of rotatable bonds is 2. The fraction of sp³-hybridized carbons (Fsp3) is 0.0909. The summed E-state index contributed by atoms with van der Waals surface area (Å²) in [5.74, 6) is -2.01. The standard InChI is InChI=1S/C11H5F3N4OS/c12-11(13,14)10(19)8-4-18(17-16-8)6-1-2-7-9(3-6)20-5-15-7/h1-5H. The molecule has 2 heterocycles. The van der Waals surface area contributed by atoms with Crippen LogP contribution in [-0.4, -0.2) is 31.9 Å². The van der Waals surface area contributed by atoms with Crippen LogP contribution in [-0.2, 0) is 0 Å². The molecule has 0 fully saturated rings. The summed E-state index contributed by atoms with van der Waals surface area (Å²) < 4.78 is 38.8. The van der Waals surface area contributed by atoms with E-state index < -0.39 is 17.7 Å². The van der Waals surface area contributed by atoms with E-state index in [0.29, 0.717) is 5.69 Å². The second kappa shape index (κ2) is 4.37. The van der Waals surface area contributed by atoms with E-state index in [4.69, 9.17) is 0 Å². The molecule has 0 saturated carbocycles. The van der Waals surface area contributed by atoms with Crippen LogP contribution in [0.15, 0.2) is 29.9 Å². The van der Waals surface area contributed by atoms with Crippen LogP contribution in [0, 0.1) is 0 Å². The maximum Gasteiger partial charge on any atom is 0.456 e. The molecule has 3 rings (SSSR count). The Morgan fingerprint density at radius 2 is 2.10 bits per heavy atom. The number of nitrogens with zero attached hydrogens (tertiary/aromatic N) is 4. The molecule has 1 aromatic carbocycles. The number of benzene rings is 1. The van der Waals surface area contributed by atoms with E-state index >= 15 is 0 Å². The van der Waals surface area contributed by atoms with Crippen molar-refractivity contribution in [3.05, 3.63) is 35.6 Å². The third-order valence-corrected chi connectivity index (χ3v) is 3.35. The Kier molecular flexibility index (Phi) is 2.78.